The molecule has 2 N–H and O–H groups in total. The molecule has 0 radical (unpaired) electrons. The van der Waals surface area contributed by atoms with Crippen LogP contribution < -0.4 is 5.32 Å². The van der Waals surface area contributed by atoms with Gasteiger partial charge in [-0.1, -0.05) is 17.7 Å². The molecule has 0 bridgehead atoms. The van der Waals surface area contributed by atoms with Gasteiger partial charge in [0.2, 0.25) is 0 Å². The SMILES string of the molecule is CSCCCCNCc1c[nH]c2cc(Cl)ccc12. The zero-order chi connectivity index (χ0) is 12.8. The van der Waals surface area contributed by atoms with Crippen molar-refractivity contribution in [1.82, 2.24) is 10.3 Å². The molecule has 1 heterocycles. The van der Waals surface area contributed by atoms with Crippen molar-refractivity contribution in [2.24, 2.45) is 0 Å². The molecule has 0 fully saturated rings. The molecule has 0 spiro atoms. The van der Waals surface area contributed by atoms with E-state index < -0.39 is 0 Å². The number of thioether (sulfide) groups is 1. The number of fused-ring (bicyclic) bond motifs is 1. The molecule has 0 aliphatic rings. The highest BCUT2D eigenvalue weighted by Crippen LogP contribution is 2.21. The highest BCUT2D eigenvalue weighted by molar-refractivity contribution is 7.98. The van der Waals surface area contributed by atoms with Crippen molar-refractivity contribution in [3.63, 3.8) is 0 Å². The Bertz CT molecular complexity index is 495. The minimum absolute atomic E-state index is 0.779. The molecule has 0 atom stereocenters. The highest BCUT2D eigenvalue weighted by Gasteiger charge is 2.03. The minimum Gasteiger partial charge on any atom is -0.361 e. The fourth-order valence-electron chi connectivity index (χ4n) is 2.02. The van der Waals surface area contributed by atoms with E-state index in [1.54, 1.807) is 0 Å². The molecule has 1 aromatic carbocycles. The molecule has 0 aliphatic heterocycles. The smallest absolute Gasteiger partial charge is 0.0472 e. The average Bonchev–Trinajstić information content (AvgIpc) is 2.76. The maximum Gasteiger partial charge on any atom is 0.0472 e. The molecule has 2 nitrogen and oxygen atoms in total. The number of hydrogen-bond acceptors (Lipinski definition) is 2. The number of benzene rings is 1. The Morgan fingerprint density at radius 2 is 2.22 bits per heavy atom. The molecule has 0 amide bonds. The summed E-state index contributed by atoms with van der Waals surface area (Å²) in [4.78, 5) is 3.26. The predicted octanol–water partition coefficient (Wildman–Crippen LogP) is 4.05. The number of unbranched alkanes of at least 4 members (excludes halogenated alkanes) is 1. The average molecular weight is 283 g/mol. The number of aromatic amines is 1. The molecule has 2 aromatic rings. The van der Waals surface area contributed by atoms with Gasteiger partial charge in [-0.3, -0.25) is 0 Å². The lowest BCUT2D eigenvalue weighted by atomic mass is 10.2. The fourth-order valence-corrected chi connectivity index (χ4v) is 2.69. The van der Waals surface area contributed by atoms with Crippen molar-refractivity contribution in [2.75, 3.05) is 18.6 Å². The third kappa shape index (κ3) is 3.67. The van der Waals surface area contributed by atoms with Crippen molar-refractivity contribution in [3.05, 3.63) is 35.0 Å². The van der Waals surface area contributed by atoms with Crippen LogP contribution in [0.1, 0.15) is 18.4 Å². The van der Waals surface area contributed by atoms with Gasteiger partial charge in [-0.05, 0) is 49.1 Å². The first-order valence-electron chi connectivity index (χ1n) is 6.26. The van der Waals surface area contributed by atoms with Gasteiger partial charge in [0.05, 0.1) is 0 Å². The maximum absolute atomic E-state index is 5.97. The topological polar surface area (TPSA) is 27.8 Å². The molecular weight excluding hydrogens is 264 g/mol. The van der Waals surface area contributed by atoms with Crippen molar-refractivity contribution < 1.29 is 0 Å². The van der Waals surface area contributed by atoms with E-state index in [0.29, 0.717) is 0 Å². The third-order valence-electron chi connectivity index (χ3n) is 3.00. The lowest BCUT2D eigenvalue weighted by molar-refractivity contribution is 0.646. The Morgan fingerprint density at radius 3 is 3.06 bits per heavy atom. The number of halogens is 1. The van der Waals surface area contributed by atoms with Gasteiger partial charge in [-0.25, -0.2) is 0 Å². The van der Waals surface area contributed by atoms with Crippen molar-refractivity contribution in [1.29, 1.82) is 0 Å². The van der Waals surface area contributed by atoms with E-state index >= 15 is 0 Å². The Hall–Kier alpha value is -0.640. The predicted molar refractivity (Wildman–Crippen MR) is 82.6 cm³/mol. The first-order chi connectivity index (χ1) is 8.81. The monoisotopic (exact) mass is 282 g/mol. The summed E-state index contributed by atoms with van der Waals surface area (Å²) in [7, 11) is 0. The Kier molecular flexibility index (Phi) is 5.42. The summed E-state index contributed by atoms with van der Waals surface area (Å²) in [5.41, 5.74) is 2.42. The number of aromatic nitrogens is 1. The van der Waals surface area contributed by atoms with Gasteiger partial charge >= 0.3 is 0 Å². The van der Waals surface area contributed by atoms with Gasteiger partial charge in [0.15, 0.2) is 0 Å². The summed E-state index contributed by atoms with van der Waals surface area (Å²) < 4.78 is 0. The first kappa shape index (κ1) is 13.8. The van der Waals surface area contributed by atoms with Crippen LogP contribution in [0.4, 0.5) is 0 Å². The van der Waals surface area contributed by atoms with Crippen LogP contribution in [-0.2, 0) is 6.54 Å². The zero-order valence-electron chi connectivity index (χ0n) is 10.6. The third-order valence-corrected chi connectivity index (χ3v) is 3.93. The summed E-state index contributed by atoms with van der Waals surface area (Å²) in [5.74, 6) is 1.26. The van der Waals surface area contributed by atoms with E-state index in [4.69, 9.17) is 11.6 Å². The molecule has 4 heteroatoms. The van der Waals surface area contributed by atoms with Crippen LogP contribution in [-0.4, -0.2) is 23.5 Å². The Morgan fingerprint density at radius 1 is 1.33 bits per heavy atom. The molecule has 18 heavy (non-hydrogen) atoms. The van der Waals surface area contributed by atoms with Crippen LogP contribution in [0.2, 0.25) is 5.02 Å². The van der Waals surface area contributed by atoms with Crippen LogP contribution >= 0.6 is 23.4 Å². The number of nitrogens with one attached hydrogen (secondary N) is 2. The zero-order valence-corrected chi connectivity index (χ0v) is 12.2. The first-order valence-corrected chi connectivity index (χ1v) is 8.03. The van der Waals surface area contributed by atoms with Crippen LogP contribution in [0, 0.1) is 0 Å². The second-order valence-electron chi connectivity index (χ2n) is 4.38. The van der Waals surface area contributed by atoms with Crippen molar-refractivity contribution >= 4 is 34.3 Å². The summed E-state index contributed by atoms with van der Waals surface area (Å²) in [6.45, 7) is 2.00. The molecule has 0 saturated heterocycles. The van der Waals surface area contributed by atoms with Gasteiger partial charge in [0.1, 0.15) is 0 Å². The van der Waals surface area contributed by atoms with E-state index in [9.17, 15) is 0 Å². The van der Waals surface area contributed by atoms with Gasteiger partial charge < -0.3 is 10.3 Å². The standard InChI is InChI=1S/C14H19ClN2S/c1-18-7-3-2-6-16-9-11-10-17-14-8-12(15)4-5-13(11)14/h4-5,8,10,16-17H,2-3,6-7,9H2,1H3. The second kappa shape index (κ2) is 7.07. The summed E-state index contributed by atoms with van der Waals surface area (Å²) in [5, 5.41) is 5.53. The summed E-state index contributed by atoms with van der Waals surface area (Å²) >= 11 is 7.88. The van der Waals surface area contributed by atoms with Crippen LogP contribution in [0.25, 0.3) is 10.9 Å². The summed E-state index contributed by atoms with van der Waals surface area (Å²) in [6.07, 6.45) is 6.76. The van der Waals surface area contributed by atoms with Crippen molar-refractivity contribution in [3.8, 4) is 0 Å². The molecule has 98 valence electrons. The summed E-state index contributed by atoms with van der Waals surface area (Å²) in [6, 6.07) is 6.00. The van der Waals surface area contributed by atoms with Crippen LogP contribution in [0.5, 0.6) is 0 Å². The second-order valence-corrected chi connectivity index (χ2v) is 5.80. The van der Waals surface area contributed by atoms with E-state index in [1.165, 1.54) is 29.5 Å². The normalized spacial score (nSPS) is 11.2. The van der Waals surface area contributed by atoms with Crippen molar-refractivity contribution in [2.45, 2.75) is 19.4 Å². The van der Waals surface area contributed by atoms with E-state index in [0.717, 1.165) is 23.6 Å². The van der Waals surface area contributed by atoms with Gasteiger partial charge in [-0.15, -0.1) is 0 Å². The molecule has 2 rings (SSSR count). The van der Waals surface area contributed by atoms with Crippen LogP contribution in [0.15, 0.2) is 24.4 Å². The Balaban J connectivity index is 1.84. The Labute approximate surface area is 117 Å². The highest BCUT2D eigenvalue weighted by atomic mass is 35.5. The number of H-pyrrole nitrogens is 1. The quantitative estimate of drug-likeness (QED) is 0.750. The molecule has 0 unspecified atom stereocenters. The molecular formula is C14H19ClN2S. The van der Waals surface area contributed by atoms with Gasteiger partial charge in [0.25, 0.3) is 0 Å². The van der Waals surface area contributed by atoms with E-state index in [-0.39, 0.29) is 0 Å². The lowest BCUT2D eigenvalue weighted by Crippen LogP contribution is -2.14. The molecule has 0 aliphatic carbocycles. The largest absolute Gasteiger partial charge is 0.361 e. The fraction of sp³-hybridized carbons (Fsp3) is 0.429. The molecule has 0 saturated carbocycles. The number of rotatable bonds is 7. The maximum atomic E-state index is 5.97. The van der Waals surface area contributed by atoms with E-state index in [2.05, 4.69) is 28.8 Å². The van der Waals surface area contributed by atoms with Crippen LogP contribution in [0.3, 0.4) is 0 Å². The number of hydrogen-bond donors (Lipinski definition) is 2. The lowest BCUT2D eigenvalue weighted by Gasteiger charge is -2.03. The van der Waals surface area contributed by atoms with Gasteiger partial charge in [-0.2, -0.15) is 11.8 Å². The van der Waals surface area contributed by atoms with Gasteiger partial charge in [0, 0.05) is 28.7 Å². The minimum atomic E-state index is 0.779. The molecule has 1 aromatic heterocycles. The van der Waals surface area contributed by atoms with E-state index in [1.807, 2.05) is 23.9 Å².